The molecule has 0 aromatic heterocycles. The minimum atomic E-state index is -0.568. The molecule has 0 spiro atoms. The smallest absolute Gasteiger partial charge is 0.246 e. The first-order valence-corrected chi connectivity index (χ1v) is 5.08. The van der Waals surface area contributed by atoms with Crippen molar-refractivity contribution in [3.8, 4) is 0 Å². The summed E-state index contributed by atoms with van der Waals surface area (Å²) in [6, 6.07) is 4.65. The maximum atomic E-state index is 11.6. The van der Waals surface area contributed by atoms with E-state index in [1.807, 2.05) is 0 Å². The van der Waals surface area contributed by atoms with Crippen molar-refractivity contribution in [2.75, 3.05) is 11.9 Å². The number of fused-ring (bicyclic) bond motifs is 1. The summed E-state index contributed by atoms with van der Waals surface area (Å²) in [5, 5.41) is 5.90. The molecule has 5 nitrogen and oxygen atoms in total. The Balaban J connectivity index is 2.26. The number of carbonyl (C=O) groups excluding carboxylic acids is 2. The van der Waals surface area contributed by atoms with Crippen LogP contribution in [-0.2, 0) is 9.59 Å². The summed E-state index contributed by atoms with van der Waals surface area (Å²) in [6.45, 7) is -0.0515. The molecule has 1 aromatic carbocycles. The molecular weight excluding hydrogens is 230 g/mol. The molecule has 1 atom stereocenters. The Kier molecular flexibility index (Phi) is 2.80. The predicted molar refractivity (Wildman–Crippen MR) is 60.0 cm³/mol. The van der Waals surface area contributed by atoms with E-state index in [0.29, 0.717) is 10.7 Å². The van der Waals surface area contributed by atoms with Crippen LogP contribution in [0.25, 0.3) is 0 Å². The van der Waals surface area contributed by atoms with Crippen LogP contribution in [0.15, 0.2) is 18.2 Å². The number of anilines is 1. The number of primary amides is 1. The van der Waals surface area contributed by atoms with E-state index >= 15 is 0 Å². The predicted octanol–water partition coefficient (Wildman–Crippen LogP) is 0.408. The lowest BCUT2D eigenvalue weighted by Crippen LogP contribution is -2.34. The van der Waals surface area contributed by atoms with Crippen LogP contribution in [0.4, 0.5) is 5.69 Å². The second-order valence-electron chi connectivity index (χ2n) is 3.47. The van der Waals surface area contributed by atoms with E-state index in [9.17, 15) is 9.59 Å². The van der Waals surface area contributed by atoms with Gasteiger partial charge in [-0.05, 0) is 6.07 Å². The number of hydrogen-bond acceptors (Lipinski definition) is 3. The SMILES string of the molecule is NC(=O)CNC1C(=O)Nc2c(Cl)cccc21. The molecule has 0 fully saturated rings. The van der Waals surface area contributed by atoms with Crippen molar-refractivity contribution >= 4 is 29.1 Å². The second-order valence-corrected chi connectivity index (χ2v) is 3.88. The molecule has 84 valence electrons. The molecule has 6 heteroatoms. The summed E-state index contributed by atoms with van der Waals surface area (Å²) >= 11 is 5.93. The average Bonchev–Trinajstić information content (AvgIpc) is 2.53. The third-order valence-corrected chi connectivity index (χ3v) is 2.66. The van der Waals surface area contributed by atoms with Crippen molar-refractivity contribution in [3.05, 3.63) is 28.8 Å². The van der Waals surface area contributed by atoms with Crippen LogP contribution in [0.5, 0.6) is 0 Å². The molecule has 1 aromatic rings. The van der Waals surface area contributed by atoms with Gasteiger partial charge in [-0.15, -0.1) is 0 Å². The van der Waals surface area contributed by atoms with Crippen LogP contribution in [-0.4, -0.2) is 18.4 Å². The van der Waals surface area contributed by atoms with Crippen LogP contribution in [0.3, 0.4) is 0 Å². The highest BCUT2D eigenvalue weighted by molar-refractivity contribution is 6.34. The fraction of sp³-hybridized carbons (Fsp3) is 0.200. The van der Waals surface area contributed by atoms with Gasteiger partial charge in [-0.1, -0.05) is 23.7 Å². The van der Waals surface area contributed by atoms with Gasteiger partial charge < -0.3 is 11.1 Å². The Bertz CT molecular complexity index is 461. The molecule has 4 N–H and O–H groups in total. The van der Waals surface area contributed by atoms with Crippen molar-refractivity contribution in [1.29, 1.82) is 0 Å². The van der Waals surface area contributed by atoms with Crippen LogP contribution < -0.4 is 16.4 Å². The Morgan fingerprint density at radius 2 is 2.31 bits per heavy atom. The molecule has 0 bridgehead atoms. The van der Waals surface area contributed by atoms with E-state index in [-0.39, 0.29) is 12.5 Å². The zero-order valence-corrected chi connectivity index (χ0v) is 9.04. The molecule has 0 saturated carbocycles. The van der Waals surface area contributed by atoms with Crippen molar-refractivity contribution in [1.82, 2.24) is 5.32 Å². The van der Waals surface area contributed by atoms with Gasteiger partial charge >= 0.3 is 0 Å². The minimum absolute atomic E-state index is 0.0515. The average molecular weight is 240 g/mol. The number of para-hydroxylation sites is 1. The molecule has 2 rings (SSSR count). The molecule has 1 aliphatic heterocycles. The molecule has 16 heavy (non-hydrogen) atoms. The summed E-state index contributed by atoms with van der Waals surface area (Å²) in [4.78, 5) is 22.3. The van der Waals surface area contributed by atoms with Crippen molar-refractivity contribution in [3.63, 3.8) is 0 Å². The molecule has 1 unspecified atom stereocenters. The highest BCUT2D eigenvalue weighted by Crippen LogP contribution is 2.35. The van der Waals surface area contributed by atoms with Crippen LogP contribution >= 0.6 is 11.6 Å². The summed E-state index contributed by atoms with van der Waals surface area (Å²) in [6.07, 6.45) is 0. The highest BCUT2D eigenvalue weighted by Gasteiger charge is 2.31. The van der Waals surface area contributed by atoms with Crippen molar-refractivity contribution in [2.45, 2.75) is 6.04 Å². The van der Waals surface area contributed by atoms with E-state index in [2.05, 4.69) is 10.6 Å². The van der Waals surface area contributed by atoms with E-state index in [1.165, 1.54) is 0 Å². The number of amides is 2. The first-order chi connectivity index (χ1) is 7.59. The Morgan fingerprint density at radius 1 is 1.56 bits per heavy atom. The van der Waals surface area contributed by atoms with Crippen LogP contribution in [0.2, 0.25) is 5.02 Å². The molecule has 0 aliphatic carbocycles. The number of rotatable bonds is 3. The molecule has 0 radical (unpaired) electrons. The summed E-state index contributed by atoms with van der Waals surface area (Å²) < 4.78 is 0. The Labute approximate surface area is 97.0 Å². The largest absolute Gasteiger partial charge is 0.369 e. The number of nitrogens with two attached hydrogens (primary N) is 1. The van der Waals surface area contributed by atoms with Gasteiger partial charge in [-0.2, -0.15) is 0 Å². The zero-order chi connectivity index (χ0) is 11.7. The summed E-state index contributed by atoms with van der Waals surface area (Å²) in [7, 11) is 0. The topological polar surface area (TPSA) is 84.2 Å². The number of benzene rings is 1. The molecular formula is C10H10ClN3O2. The summed E-state index contributed by atoms with van der Waals surface area (Å²) in [5.41, 5.74) is 6.34. The van der Waals surface area contributed by atoms with Gasteiger partial charge in [0.1, 0.15) is 6.04 Å². The Hall–Kier alpha value is -1.59. The molecule has 1 aliphatic rings. The van der Waals surface area contributed by atoms with Gasteiger partial charge in [0.25, 0.3) is 0 Å². The normalized spacial score (nSPS) is 18.1. The van der Waals surface area contributed by atoms with Gasteiger partial charge in [0, 0.05) is 5.56 Å². The number of nitrogens with one attached hydrogen (secondary N) is 2. The van der Waals surface area contributed by atoms with E-state index in [4.69, 9.17) is 17.3 Å². The lowest BCUT2D eigenvalue weighted by atomic mass is 10.1. The number of carbonyl (C=O) groups is 2. The highest BCUT2D eigenvalue weighted by atomic mass is 35.5. The molecule has 0 saturated heterocycles. The maximum Gasteiger partial charge on any atom is 0.246 e. The molecule has 2 amide bonds. The van der Waals surface area contributed by atoms with Gasteiger partial charge in [-0.25, -0.2) is 0 Å². The molecule has 1 heterocycles. The zero-order valence-electron chi connectivity index (χ0n) is 8.29. The third-order valence-electron chi connectivity index (χ3n) is 2.35. The minimum Gasteiger partial charge on any atom is -0.369 e. The standard InChI is InChI=1S/C10H10ClN3O2/c11-6-3-1-2-5-8(6)14-10(16)9(5)13-4-7(12)15/h1-3,9,13H,4H2,(H2,12,15)(H,14,16). The first kappa shape index (κ1) is 10.9. The fourth-order valence-corrected chi connectivity index (χ4v) is 1.88. The van der Waals surface area contributed by atoms with Gasteiger partial charge in [0.2, 0.25) is 11.8 Å². The fourth-order valence-electron chi connectivity index (χ4n) is 1.66. The summed E-state index contributed by atoms with van der Waals surface area (Å²) in [5.74, 6) is -0.743. The van der Waals surface area contributed by atoms with E-state index in [1.54, 1.807) is 18.2 Å². The monoisotopic (exact) mass is 239 g/mol. The second kappa shape index (κ2) is 4.11. The van der Waals surface area contributed by atoms with E-state index in [0.717, 1.165) is 5.56 Å². The number of hydrogen-bond donors (Lipinski definition) is 3. The lowest BCUT2D eigenvalue weighted by molar-refractivity contribution is -0.119. The maximum absolute atomic E-state index is 11.6. The van der Waals surface area contributed by atoms with Crippen molar-refractivity contribution in [2.24, 2.45) is 5.73 Å². The van der Waals surface area contributed by atoms with Gasteiger partial charge in [-0.3, -0.25) is 14.9 Å². The van der Waals surface area contributed by atoms with Crippen molar-refractivity contribution < 1.29 is 9.59 Å². The Morgan fingerprint density at radius 3 is 3.00 bits per heavy atom. The van der Waals surface area contributed by atoms with Crippen LogP contribution in [0.1, 0.15) is 11.6 Å². The number of halogens is 1. The quantitative estimate of drug-likeness (QED) is 0.714. The van der Waals surface area contributed by atoms with Gasteiger partial charge in [0.15, 0.2) is 0 Å². The first-order valence-electron chi connectivity index (χ1n) is 4.70. The van der Waals surface area contributed by atoms with Crippen LogP contribution in [0, 0.1) is 0 Å². The third kappa shape index (κ3) is 1.87. The van der Waals surface area contributed by atoms with Gasteiger partial charge in [0.05, 0.1) is 17.3 Å². The lowest BCUT2D eigenvalue weighted by Gasteiger charge is -2.09. The van der Waals surface area contributed by atoms with E-state index < -0.39 is 11.9 Å².